The molecule has 9 nitrogen and oxygen atoms in total. The van der Waals surface area contributed by atoms with Crippen LogP contribution < -0.4 is 15.7 Å². The number of anilines is 1. The first-order valence-corrected chi connectivity index (χ1v) is 10.6. The summed E-state index contributed by atoms with van der Waals surface area (Å²) in [5.41, 5.74) is 1.52. The van der Waals surface area contributed by atoms with E-state index >= 15 is 0 Å². The molecule has 0 spiro atoms. The van der Waals surface area contributed by atoms with Crippen LogP contribution in [0.1, 0.15) is 23.2 Å². The van der Waals surface area contributed by atoms with E-state index in [-0.39, 0.29) is 28.8 Å². The summed E-state index contributed by atoms with van der Waals surface area (Å²) in [7, 11) is -3.76. The van der Waals surface area contributed by atoms with Crippen LogP contribution in [0.3, 0.4) is 0 Å². The second kappa shape index (κ2) is 7.82. The summed E-state index contributed by atoms with van der Waals surface area (Å²) in [6.07, 6.45) is 1.62. The van der Waals surface area contributed by atoms with Crippen molar-refractivity contribution in [1.29, 1.82) is 0 Å². The van der Waals surface area contributed by atoms with E-state index < -0.39 is 15.9 Å². The van der Waals surface area contributed by atoms with E-state index in [1.807, 2.05) is 0 Å². The Labute approximate surface area is 166 Å². The lowest BCUT2D eigenvalue weighted by molar-refractivity contribution is 0.102. The summed E-state index contributed by atoms with van der Waals surface area (Å²) in [5.74, 6) is -0.460. The number of H-pyrrole nitrogens is 2. The number of carbonyl (C=O) groups excluding carboxylic acids is 1. The average molecular weight is 416 g/mol. The molecule has 3 aromatic rings. The van der Waals surface area contributed by atoms with Crippen molar-refractivity contribution in [1.82, 2.24) is 14.7 Å². The normalized spacial score (nSPS) is 16.9. The summed E-state index contributed by atoms with van der Waals surface area (Å²) in [4.78, 5) is 29.2. The number of hydrogen-bond acceptors (Lipinski definition) is 5. The summed E-state index contributed by atoms with van der Waals surface area (Å²) in [6.45, 7) is 0.845. The molecule has 1 aromatic heterocycles. The van der Waals surface area contributed by atoms with Gasteiger partial charge in [0.15, 0.2) is 0 Å². The molecule has 1 aliphatic heterocycles. The largest absolute Gasteiger partial charge is 0.377 e. The number of rotatable bonds is 6. The van der Waals surface area contributed by atoms with Crippen LogP contribution >= 0.6 is 0 Å². The minimum absolute atomic E-state index is 0.00793. The summed E-state index contributed by atoms with van der Waals surface area (Å²) in [5, 5.41) is 2.70. The highest BCUT2D eigenvalue weighted by Gasteiger charge is 2.21. The fourth-order valence-electron chi connectivity index (χ4n) is 3.21. The fraction of sp³-hybridized carbons (Fsp3) is 0.263. The third kappa shape index (κ3) is 4.39. The molecule has 2 heterocycles. The van der Waals surface area contributed by atoms with E-state index in [1.165, 1.54) is 24.3 Å². The Hall–Kier alpha value is -2.95. The molecule has 1 amide bonds. The molecule has 0 unspecified atom stereocenters. The van der Waals surface area contributed by atoms with Crippen LogP contribution in [0.5, 0.6) is 0 Å². The maximum atomic E-state index is 12.6. The lowest BCUT2D eigenvalue weighted by Crippen LogP contribution is -2.32. The number of carbonyl (C=O) groups is 1. The Balaban J connectivity index is 1.49. The first-order chi connectivity index (χ1) is 13.9. The van der Waals surface area contributed by atoms with Crippen LogP contribution in [0.2, 0.25) is 0 Å². The standard InChI is InChI=1S/C19H20N4O5S/c24-18(21-13-6-7-16-17(10-13)23-19(25)22-16)12-3-1-5-15(9-12)29(26,27)20-11-14-4-2-8-28-14/h1,3,5-7,9-10,14,20H,2,4,8,11H2,(H,21,24)(H2,22,23,25)/t14-/m1/s1. The molecular formula is C19H20N4O5S. The van der Waals surface area contributed by atoms with Crippen molar-refractivity contribution < 1.29 is 17.9 Å². The fourth-order valence-corrected chi connectivity index (χ4v) is 4.32. The van der Waals surface area contributed by atoms with Crippen molar-refractivity contribution in [3.63, 3.8) is 0 Å². The molecule has 1 saturated heterocycles. The monoisotopic (exact) mass is 416 g/mol. The van der Waals surface area contributed by atoms with E-state index in [0.717, 1.165) is 12.8 Å². The Morgan fingerprint density at radius 2 is 1.97 bits per heavy atom. The predicted molar refractivity (Wildman–Crippen MR) is 107 cm³/mol. The lowest BCUT2D eigenvalue weighted by Gasteiger charge is -2.12. The topological polar surface area (TPSA) is 133 Å². The third-order valence-electron chi connectivity index (χ3n) is 4.71. The molecule has 152 valence electrons. The number of aromatic nitrogens is 2. The molecule has 1 fully saturated rings. The van der Waals surface area contributed by atoms with Crippen LogP contribution in [0.25, 0.3) is 11.0 Å². The van der Waals surface area contributed by atoms with E-state index in [2.05, 4.69) is 20.0 Å². The number of ether oxygens (including phenoxy) is 1. The quantitative estimate of drug-likeness (QED) is 0.484. The Bertz CT molecular complexity index is 1210. The van der Waals surface area contributed by atoms with Gasteiger partial charge in [0, 0.05) is 24.4 Å². The van der Waals surface area contributed by atoms with Crippen molar-refractivity contribution in [2.75, 3.05) is 18.5 Å². The zero-order valence-electron chi connectivity index (χ0n) is 15.4. The van der Waals surface area contributed by atoms with Crippen molar-refractivity contribution >= 4 is 32.7 Å². The summed E-state index contributed by atoms with van der Waals surface area (Å²) < 4.78 is 33.0. The molecule has 10 heteroatoms. The predicted octanol–water partition coefficient (Wildman–Crippen LogP) is 1.57. The van der Waals surface area contributed by atoms with Crippen molar-refractivity contribution in [2.45, 2.75) is 23.8 Å². The van der Waals surface area contributed by atoms with Gasteiger partial charge in [-0.3, -0.25) is 4.79 Å². The number of nitrogens with one attached hydrogen (secondary N) is 4. The molecule has 1 atom stereocenters. The minimum Gasteiger partial charge on any atom is -0.377 e. The Morgan fingerprint density at radius 1 is 1.14 bits per heavy atom. The van der Waals surface area contributed by atoms with Gasteiger partial charge in [-0.05, 0) is 49.2 Å². The number of fused-ring (bicyclic) bond motifs is 1. The number of imidazole rings is 1. The molecule has 2 aromatic carbocycles. The zero-order valence-corrected chi connectivity index (χ0v) is 16.2. The van der Waals surface area contributed by atoms with Gasteiger partial charge in [-0.2, -0.15) is 0 Å². The summed E-state index contributed by atoms with van der Waals surface area (Å²) in [6, 6.07) is 10.7. The smallest absolute Gasteiger partial charge is 0.323 e. The van der Waals surface area contributed by atoms with Gasteiger partial charge in [-0.25, -0.2) is 17.9 Å². The second-order valence-corrected chi connectivity index (χ2v) is 8.58. The van der Waals surface area contributed by atoms with Gasteiger partial charge in [-0.15, -0.1) is 0 Å². The minimum atomic E-state index is -3.76. The molecule has 0 bridgehead atoms. The van der Waals surface area contributed by atoms with Gasteiger partial charge < -0.3 is 20.0 Å². The molecule has 0 aliphatic carbocycles. The van der Waals surface area contributed by atoms with E-state index in [4.69, 9.17) is 4.74 Å². The Kier molecular flexibility index (Phi) is 5.22. The van der Waals surface area contributed by atoms with E-state index in [1.54, 1.807) is 18.2 Å². The van der Waals surface area contributed by atoms with Gasteiger partial charge in [-0.1, -0.05) is 6.07 Å². The number of amides is 1. The average Bonchev–Trinajstić information content (AvgIpc) is 3.35. The van der Waals surface area contributed by atoms with Crippen molar-refractivity contribution in [2.24, 2.45) is 0 Å². The lowest BCUT2D eigenvalue weighted by atomic mass is 10.2. The van der Waals surface area contributed by atoms with Gasteiger partial charge in [0.25, 0.3) is 5.91 Å². The van der Waals surface area contributed by atoms with Crippen LogP contribution in [-0.2, 0) is 14.8 Å². The van der Waals surface area contributed by atoms with Crippen LogP contribution in [-0.4, -0.2) is 43.5 Å². The zero-order chi connectivity index (χ0) is 20.4. The van der Waals surface area contributed by atoms with Gasteiger partial charge in [0.2, 0.25) is 10.0 Å². The molecule has 0 saturated carbocycles. The highest BCUT2D eigenvalue weighted by molar-refractivity contribution is 7.89. The maximum Gasteiger partial charge on any atom is 0.323 e. The number of aromatic amines is 2. The molecule has 29 heavy (non-hydrogen) atoms. The molecule has 1 aliphatic rings. The van der Waals surface area contributed by atoms with E-state index in [9.17, 15) is 18.0 Å². The van der Waals surface area contributed by atoms with Gasteiger partial charge >= 0.3 is 5.69 Å². The molecule has 4 rings (SSSR count). The molecule has 0 radical (unpaired) electrons. The van der Waals surface area contributed by atoms with E-state index in [0.29, 0.717) is 23.3 Å². The maximum absolute atomic E-state index is 12.6. The van der Waals surface area contributed by atoms with Crippen molar-refractivity contribution in [3.8, 4) is 0 Å². The number of sulfonamides is 1. The molecule has 4 N–H and O–H groups in total. The number of benzene rings is 2. The van der Waals surface area contributed by atoms with Crippen LogP contribution in [0.15, 0.2) is 52.2 Å². The first kappa shape index (κ1) is 19.4. The number of hydrogen-bond donors (Lipinski definition) is 4. The summed E-state index contributed by atoms with van der Waals surface area (Å²) >= 11 is 0. The SMILES string of the molecule is O=C(Nc1ccc2[nH]c(=O)[nH]c2c1)c1cccc(S(=O)(=O)NC[C@H]2CCCO2)c1. The van der Waals surface area contributed by atoms with Crippen molar-refractivity contribution in [3.05, 3.63) is 58.5 Å². The highest BCUT2D eigenvalue weighted by atomic mass is 32.2. The molecular weight excluding hydrogens is 396 g/mol. The Morgan fingerprint density at radius 3 is 2.76 bits per heavy atom. The van der Waals surface area contributed by atoms with Crippen LogP contribution in [0.4, 0.5) is 5.69 Å². The first-order valence-electron chi connectivity index (χ1n) is 9.15. The highest BCUT2D eigenvalue weighted by Crippen LogP contribution is 2.18. The van der Waals surface area contributed by atoms with Gasteiger partial charge in [0.1, 0.15) is 0 Å². The van der Waals surface area contributed by atoms with Gasteiger partial charge in [0.05, 0.1) is 22.0 Å². The van der Waals surface area contributed by atoms with Crippen LogP contribution in [0, 0.1) is 0 Å². The third-order valence-corrected chi connectivity index (χ3v) is 6.13. The second-order valence-electron chi connectivity index (χ2n) is 6.81.